The molecule has 116 valence electrons. The Balaban J connectivity index is 1.87. The molecule has 1 amide bonds. The van der Waals surface area contributed by atoms with Crippen LogP contribution in [0.25, 0.3) is 0 Å². The van der Waals surface area contributed by atoms with E-state index in [9.17, 15) is 22.4 Å². The van der Waals surface area contributed by atoms with E-state index in [2.05, 4.69) is 4.98 Å². The molecule has 0 atom stereocenters. The van der Waals surface area contributed by atoms with Crippen molar-refractivity contribution in [3.05, 3.63) is 30.1 Å². The summed E-state index contributed by atoms with van der Waals surface area (Å²) in [6.45, 7) is 1.25. The van der Waals surface area contributed by atoms with Crippen molar-refractivity contribution in [1.29, 1.82) is 0 Å². The normalized spacial score (nSPS) is 17.3. The van der Waals surface area contributed by atoms with Crippen LogP contribution in [0.15, 0.2) is 24.4 Å². The van der Waals surface area contributed by atoms with Gasteiger partial charge in [-0.1, -0.05) is 6.07 Å². The summed E-state index contributed by atoms with van der Waals surface area (Å²) < 4.78 is 50.3. The number of aromatic nitrogens is 1. The summed E-state index contributed by atoms with van der Waals surface area (Å²) in [6, 6.07) is 5.46. The Kier molecular flexibility index (Phi) is 4.76. The number of carbonyl (C=O) groups is 1. The molecule has 1 saturated heterocycles. The van der Waals surface area contributed by atoms with Crippen LogP contribution in [0, 0.1) is 0 Å². The molecule has 1 fully saturated rings. The largest absolute Gasteiger partial charge is 0.383 e. The van der Waals surface area contributed by atoms with Crippen LogP contribution in [0.1, 0.15) is 5.69 Å². The summed E-state index contributed by atoms with van der Waals surface area (Å²) in [5.74, 6) is -6.40. The van der Waals surface area contributed by atoms with Gasteiger partial charge in [0.05, 0.1) is 5.69 Å². The highest BCUT2D eigenvalue weighted by atomic mass is 19.3. The molecular weight excluding hydrogens is 290 g/mol. The quantitative estimate of drug-likeness (QED) is 0.793. The smallest absolute Gasteiger partial charge is 0.335 e. The molecule has 4 nitrogen and oxygen atoms in total. The zero-order valence-electron chi connectivity index (χ0n) is 11.2. The van der Waals surface area contributed by atoms with Crippen molar-refractivity contribution in [3.8, 4) is 0 Å². The van der Waals surface area contributed by atoms with Gasteiger partial charge in [-0.25, -0.2) is 8.78 Å². The molecule has 0 spiro atoms. The highest BCUT2D eigenvalue weighted by Crippen LogP contribution is 2.26. The maximum atomic E-state index is 13.0. The van der Waals surface area contributed by atoms with E-state index >= 15 is 0 Å². The number of halogens is 4. The van der Waals surface area contributed by atoms with E-state index in [-0.39, 0.29) is 13.1 Å². The van der Waals surface area contributed by atoms with Gasteiger partial charge < -0.3 is 4.90 Å². The van der Waals surface area contributed by atoms with Gasteiger partial charge in [-0.2, -0.15) is 8.78 Å². The summed E-state index contributed by atoms with van der Waals surface area (Å²) in [7, 11) is 0. The molecule has 2 rings (SSSR count). The Labute approximate surface area is 119 Å². The molecule has 1 aliphatic heterocycles. The van der Waals surface area contributed by atoms with Crippen molar-refractivity contribution in [3.63, 3.8) is 0 Å². The first-order valence-corrected chi connectivity index (χ1v) is 6.49. The zero-order valence-corrected chi connectivity index (χ0v) is 11.2. The lowest BCUT2D eigenvalue weighted by molar-refractivity contribution is -0.182. The summed E-state index contributed by atoms with van der Waals surface area (Å²) in [4.78, 5) is 18.3. The summed E-state index contributed by atoms with van der Waals surface area (Å²) >= 11 is 0. The number of piperazine rings is 1. The van der Waals surface area contributed by atoms with Crippen LogP contribution in [0.2, 0.25) is 0 Å². The third-order valence-electron chi connectivity index (χ3n) is 3.33. The second kappa shape index (κ2) is 6.38. The SMILES string of the molecule is O=C(N1CCN(Cc2ccccn2)CC1)C(F)(F)C(F)F. The summed E-state index contributed by atoms with van der Waals surface area (Å²) in [6.07, 6.45) is -2.32. The maximum absolute atomic E-state index is 13.0. The minimum Gasteiger partial charge on any atom is -0.335 e. The van der Waals surface area contributed by atoms with Gasteiger partial charge in [0.2, 0.25) is 0 Å². The Morgan fingerprint density at radius 2 is 1.90 bits per heavy atom. The molecule has 1 aliphatic rings. The van der Waals surface area contributed by atoms with Crippen LogP contribution in [-0.2, 0) is 11.3 Å². The Hall–Kier alpha value is -1.70. The standard InChI is InChI=1S/C13H15F4N3O/c14-11(15)13(16,17)12(21)20-7-5-19(6-8-20)9-10-3-1-2-4-18-10/h1-4,11H,5-9H2. The first kappa shape index (κ1) is 15.7. The third kappa shape index (κ3) is 3.69. The highest BCUT2D eigenvalue weighted by Gasteiger charge is 2.51. The molecule has 0 aliphatic carbocycles. The molecule has 0 saturated carbocycles. The first-order chi connectivity index (χ1) is 9.91. The fraction of sp³-hybridized carbons (Fsp3) is 0.538. The number of carbonyl (C=O) groups excluding carboxylic acids is 1. The fourth-order valence-electron chi connectivity index (χ4n) is 2.13. The first-order valence-electron chi connectivity index (χ1n) is 6.49. The molecular formula is C13H15F4N3O. The second-order valence-electron chi connectivity index (χ2n) is 4.81. The molecule has 0 radical (unpaired) electrons. The van der Waals surface area contributed by atoms with E-state index in [4.69, 9.17) is 0 Å². The van der Waals surface area contributed by atoms with Crippen molar-refractivity contribution in [1.82, 2.24) is 14.8 Å². The van der Waals surface area contributed by atoms with Crippen LogP contribution < -0.4 is 0 Å². The van der Waals surface area contributed by atoms with Gasteiger partial charge >= 0.3 is 12.3 Å². The monoisotopic (exact) mass is 305 g/mol. The number of pyridine rings is 1. The van der Waals surface area contributed by atoms with Crippen molar-refractivity contribution in [2.45, 2.75) is 18.9 Å². The van der Waals surface area contributed by atoms with Gasteiger partial charge in [0.1, 0.15) is 0 Å². The molecule has 21 heavy (non-hydrogen) atoms. The van der Waals surface area contributed by atoms with Gasteiger partial charge in [-0.05, 0) is 12.1 Å². The third-order valence-corrected chi connectivity index (χ3v) is 3.33. The number of rotatable bonds is 4. The van der Waals surface area contributed by atoms with E-state index in [1.165, 1.54) is 0 Å². The molecule has 1 aromatic heterocycles. The van der Waals surface area contributed by atoms with Gasteiger partial charge in [0, 0.05) is 38.9 Å². The highest BCUT2D eigenvalue weighted by molar-refractivity contribution is 5.84. The topological polar surface area (TPSA) is 36.4 Å². The van der Waals surface area contributed by atoms with E-state index in [1.807, 2.05) is 17.0 Å². The Morgan fingerprint density at radius 3 is 2.43 bits per heavy atom. The molecule has 0 N–H and O–H groups in total. The molecule has 2 heterocycles. The average Bonchev–Trinajstić information content (AvgIpc) is 2.48. The number of hydrogen-bond donors (Lipinski definition) is 0. The van der Waals surface area contributed by atoms with Crippen LogP contribution in [0.5, 0.6) is 0 Å². The number of hydrogen-bond acceptors (Lipinski definition) is 3. The van der Waals surface area contributed by atoms with E-state index in [0.717, 1.165) is 10.6 Å². The summed E-state index contributed by atoms with van der Waals surface area (Å²) in [5.41, 5.74) is 0.829. The number of amides is 1. The van der Waals surface area contributed by atoms with Crippen molar-refractivity contribution in [2.75, 3.05) is 26.2 Å². The number of alkyl halides is 4. The van der Waals surface area contributed by atoms with Gasteiger partial charge in [-0.3, -0.25) is 14.7 Å². The Bertz CT molecular complexity index is 476. The van der Waals surface area contributed by atoms with Crippen molar-refractivity contribution < 1.29 is 22.4 Å². The Morgan fingerprint density at radius 1 is 1.24 bits per heavy atom. The van der Waals surface area contributed by atoms with Crippen molar-refractivity contribution >= 4 is 5.91 Å². The van der Waals surface area contributed by atoms with Gasteiger partial charge in [-0.15, -0.1) is 0 Å². The van der Waals surface area contributed by atoms with Crippen LogP contribution in [0.4, 0.5) is 17.6 Å². The average molecular weight is 305 g/mol. The fourth-order valence-corrected chi connectivity index (χ4v) is 2.13. The molecule has 0 bridgehead atoms. The van der Waals surface area contributed by atoms with E-state index in [1.54, 1.807) is 12.3 Å². The molecule has 0 unspecified atom stereocenters. The van der Waals surface area contributed by atoms with Crippen molar-refractivity contribution in [2.24, 2.45) is 0 Å². The predicted molar refractivity (Wildman–Crippen MR) is 67.0 cm³/mol. The lowest BCUT2D eigenvalue weighted by atomic mass is 10.2. The van der Waals surface area contributed by atoms with E-state index in [0.29, 0.717) is 19.6 Å². The molecule has 1 aromatic rings. The van der Waals surface area contributed by atoms with E-state index < -0.39 is 18.3 Å². The van der Waals surface area contributed by atoms with Gasteiger partial charge in [0.15, 0.2) is 0 Å². The second-order valence-corrected chi connectivity index (χ2v) is 4.81. The predicted octanol–water partition coefficient (Wildman–Crippen LogP) is 1.63. The molecule has 8 heteroatoms. The molecule has 0 aromatic carbocycles. The minimum absolute atomic E-state index is 0.00791. The van der Waals surface area contributed by atoms with Crippen LogP contribution in [0.3, 0.4) is 0 Å². The zero-order chi connectivity index (χ0) is 15.5. The number of nitrogens with zero attached hydrogens (tertiary/aromatic N) is 3. The maximum Gasteiger partial charge on any atom is 0.383 e. The lowest BCUT2D eigenvalue weighted by Crippen LogP contribution is -2.54. The van der Waals surface area contributed by atoms with Crippen LogP contribution >= 0.6 is 0 Å². The van der Waals surface area contributed by atoms with Crippen LogP contribution in [-0.4, -0.2) is 59.2 Å². The minimum atomic E-state index is -4.61. The lowest BCUT2D eigenvalue weighted by Gasteiger charge is -2.35. The summed E-state index contributed by atoms with van der Waals surface area (Å²) in [5, 5.41) is 0. The van der Waals surface area contributed by atoms with Gasteiger partial charge in [0.25, 0.3) is 5.91 Å².